The van der Waals surface area contributed by atoms with Crippen LogP contribution in [0.4, 0.5) is 0 Å². The Labute approximate surface area is 142 Å². The number of benzene rings is 1. The van der Waals surface area contributed by atoms with E-state index in [0.717, 1.165) is 24.7 Å². The molecule has 0 saturated heterocycles. The quantitative estimate of drug-likeness (QED) is 0.764. The molecular formula is C18H22O5S. The normalized spacial score (nSPS) is 21.6. The highest BCUT2D eigenvalue weighted by atomic mass is 32.2. The molecule has 0 radical (unpaired) electrons. The number of cyclic esters (lactones) is 1. The minimum atomic E-state index is -3.26. The van der Waals surface area contributed by atoms with Gasteiger partial charge in [-0.1, -0.05) is 19.1 Å². The first-order valence-electron chi connectivity index (χ1n) is 7.93. The Morgan fingerprint density at radius 3 is 2.21 bits per heavy atom. The molecule has 0 N–H and O–H groups in total. The topological polar surface area (TPSA) is 69.7 Å². The lowest BCUT2D eigenvalue weighted by molar-refractivity contribution is -0.147. The number of carbonyl (C=O) groups is 1. The van der Waals surface area contributed by atoms with Crippen molar-refractivity contribution in [3.63, 3.8) is 0 Å². The summed E-state index contributed by atoms with van der Waals surface area (Å²) in [5.41, 5.74) is 0.723. The predicted molar refractivity (Wildman–Crippen MR) is 89.9 cm³/mol. The van der Waals surface area contributed by atoms with E-state index in [4.69, 9.17) is 9.47 Å². The van der Waals surface area contributed by atoms with Crippen LogP contribution in [0.3, 0.4) is 0 Å². The molecule has 1 aromatic carbocycles. The molecule has 5 nitrogen and oxygen atoms in total. The first-order valence-corrected chi connectivity index (χ1v) is 9.82. The van der Waals surface area contributed by atoms with Gasteiger partial charge in [-0.05, 0) is 44.4 Å². The summed E-state index contributed by atoms with van der Waals surface area (Å²) in [4.78, 5) is 12.5. The zero-order valence-electron chi connectivity index (χ0n) is 14.4. The highest BCUT2D eigenvalue weighted by molar-refractivity contribution is 7.90. The predicted octanol–water partition coefficient (Wildman–Crippen LogP) is 2.95. The number of esters is 1. The van der Waals surface area contributed by atoms with E-state index in [-0.39, 0.29) is 16.1 Å². The molecule has 0 unspecified atom stereocenters. The molecule has 24 heavy (non-hydrogen) atoms. The van der Waals surface area contributed by atoms with Gasteiger partial charge in [-0.3, -0.25) is 0 Å². The minimum absolute atomic E-state index is 0.144. The molecule has 1 aromatic rings. The molecule has 0 atom stereocenters. The average molecular weight is 350 g/mol. The third-order valence-corrected chi connectivity index (χ3v) is 5.73. The lowest BCUT2D eigenvalue weighted by Gasteiger charge is -2.21. The summed E-state index contributed by atoms with van der Waals surface area (Å²) in [5, 5.41) is 0. The van der Waals surface area contributed by atoms with E-state index in [1.165, 1.54) is 12.1 Å². The van der Waals surface area contributed by atoms with E-state index in [2.05, 4.69) is 6.92 Å². The van der Waals surface area contributed by atoms with Gasteiger partial charge in [-0.15, -0.1) is 0 Å². The van der Waals surface area contributed by atoms with Crippen LogP contribution in [0.25, 0.3) is 5.57 Å². The fraction of sp³-hybridized carbons (Fsp3) is 0.500. The van der Waals surface area contributed by atoms with Crippen LogP contribution in [0.5, 0.6) is 0 Å². The first kappa shape index (κ1) is 17.0. The molecule has 1 fully saturated rings. The smallest absolute Gasteiger partial charge is 0.374 e. The van der Waals surface area contributed by atoms with Gasteiger partial charge in [0.1, 0.15) is 5.60 Å². The van der Waals surface area contributed by atoms with Crippen molar-refractivity contribution in [2.45, 2.75) is 44.1 Å². The zero-order chi connectivity index (χ0) is 17.8. The van der Waals surface area contributed by atoms with Crippen molar-refractivity contribution in [3.05, 3.63) is 35.6 Å². The Morgan fingerprint density at radius 2 is 1.71 bits per heavy atom. The summed E-state index contributed by atoms with van der Waals surface area (Å²) in [6.07, 6.45) is 3.35. The van der Waals surface area contributed by atoms with E-state index >= 15 is 0 Å². The summed E-state index contributed by atoms with van der Waals surface area (Å²) in [5.74, 6) is -0.230. The highest BCUT2D eigenvalue weighted by Crippen LogP contribution is 2.47. The summed E-state index contributed by atoms with van der Waals surface area (Å²) in [6.45, 7) is 6.22. The molecule has 0 aromatic heterocycles. The second-order valence-electron chi connectivity index (χ2n) is 7.50. The lowest BCUT2D eigenvalue weighted by atomic mass is 9.92. The molecule has 0 amide bonds. The number of hydrogen-bond acceptors (Lipinski definition) is 5. The van der Waals surface area contributed by atoms with Gasteiger partial charge in [0.2, 0.25) is 5.76 Å². The maximum Gasteiger partial charge on any atom is 0.374 e. The second kappa shape index (κ2) is 5.34. The maximum atomic E-state index is 12.2. The van der Waals surface area contributed by atoms with Crippen molar-refractivity contribution in [3.8, 4) is 0 Å². The molecule has 1 aliphatic heterocycles. The van der Waals surface area contributed by atoms with Crippen LogP contribution in [0.15, 0.2) is 34.9 Å². The van der Waals surface area contributed by atoms with E-state index in [0.29, 0.717) is 12.2 Å². The van der Waals surface area contributed by atoms with Crippen LogP contribution in [0.1, 0.15) is 39.2 Å². The monoisotopic (exact) mass is 350 g/mol. The van der Waals surface area contributed by atoms with E-state index in [9.17, 15) is 13.2 Å². The summed E-state index contributed by atoms with van der Waals surface area (Å²) >= 11 is 0. The van der Waals surface area contributed by atoms with Crippen molar-refractivity contribution in [2.75, 3.05) is 12.9 Å². The molecule has 1 aliphatic carbocycles. The highest BCUT2D eigenvalue weighted by Gasteiger charge is 2.45. The number of hydrogen-bond donors (Lipinski definition) is 0. The molecular weight excluding hydrogens is 328 g/mol. The summed E-state index contributed by atoms with van der Waals surface area (Å²) < 4.78 is 34.5. The molecule has 6 heteroatoms. The van der Waals surface area contributed by atoms with Crippen molar-refractivity contribution in [1.82, 2.24) is 0 Å². The van der Waals surface area contributed by atoms with Crippen LogP contribution in [0.2, 0.25) is 0 Å². The fourth-order valence-corrected chi connectivity index (χ4v) is 3.42. The Balaban J connectivity index is 1.99. The van der Waals surface area contributed by atoms with Gasteiger partial charge in [-0.25, -0.2) is 13.2 Å². The second-order valence-corrected chi connectivity index (χ2v) is 9.52. The van der Waals surface area contributed by atoms with Crippen molar-refractivity contribution in [2.24, 2.45) is 5.41 Å². The van der Waals surface area contributed by atoms with E-state index in [1.54, 1.807) is 26.0 Å². The summed E-state index contributed by atoms with van der Waals surface area (Å²) in [6, 6.07) is 6.46. The average Bonchev–Trinajstić information content (AvgIpc) is 3.14. The zero-order valence-corrected chi connectivity index (χ0v) is 15.2. The lowest BCUT2D eigenvalue weighted by Crippen LogP contribution is -2.22. The van der Waals surface area contributed by atoms with E-state index < -0.39 is 21.4 Å². The largest absolute Gasteiger partial charge is 0.486 e. The van der Waals surface area contributed by atoms with E-state index in [1.807, 2.05) is 0 Å². The van der Waals surface area contributed by atoms with Crippen molar-refractivity contribution in [1.29, 1.82) is 0 Å². The third-order valence-electron chi connectivity index (χ3n) is 4.60. The van der Waals surface area contributed by atoms with Gasteiger partial charge in [0, 0.05) is 11.7 Å². The van der Waals surface area contributed by atoms with Gasteiger partial charge in [-0.2, -0.15) is 0 Å². The first-order chi connectivity index (χ1) is 11.0. The van der Waals surface area contributed by atoms with Crippen LogP contribution in [0, 0.1) is 5.41 Å². The number of sulfone groups is 1. The Morgan fingerprint density at radius 1 is 1.12 bits per heavy atom. The Kier molecular flexibility index (Phi) is 3.79. The molecule has 1 saturated carbocycles. The van der Waals surface area contributed by atoms with Gasteiger partial charge < -0.3 is 9.47 Å². The van der Waals surface area contributed by atoms with Crippen molar-refractivity contribution >= 4 is 21.4 Å². The molecule has 0 spiro atoms. The van der Waals surface area contributed by atoms with Gasteiger partial charge in [0.05, 0.1) is 17.1 Å². The van der Waals surface area contributed by atoms with Crippen LogP contribution in [-0.4, -0.2) is 32.9 Å². The number of carbonyl (C=O) groups excluding carboxylic acids is 1. The molecule has 130 valence electrons. The number of ether oxygens (including phenoxy) is 2. The molecule has 2 aliphatic rings. The number of rotatable bonds is 5. The summed E-state index contributed by atoms with van der Waals surface area (Å²) in [7, 11) is -3.26. The Hall–Kier alpha value is -1.82. The third kappa shape index (κ3) is 3.20. The SMILES string of the molecule is CC1(COC2=C(c3ccc(S(C)(=O)=O)cc3)C(C)(C)OC2=O)CC1. The molecule has 3 rings (SSSR count). The molecule has 0 bridgehead atoms. The molecule has 1 heterocycles. The van der Waals surface area contributed by atoms with Crippen LogP contribution in [-0.2, 0) is 24.1 Å². The van der Waals surface area contributed by atoms with Gasteiger partial charge in [0.25, 0.3) is 0 Å². The minimum Gasteiger partial charge on any atom is -0.486 e. The van der Waals surface area contributed by atoms with Crippen LogP contribution >= 0.6 is 0 Å². The van der Waals surface area contributed by atoms with Gasteiger partial charge in [0.15, 0.2) is 9.84 Å². The standard InChI is InChI=1S/C18H22O5S/c1-17(2)14(12-5-7-13(8-6-12)24(4,20)21)15(16(19)23-17)22-11-18(3)9-10-18/h5-8H,9-11H2,1-4H3. The Bertz CT molecular complexity index is 811. The van der Waals surface area contributed by atoms with Gasteiger partial charge >= 0.3 is 5.97 Å². The van der Waals surface area contributed by atoms with Crippen molar-refractivity contribution < 1.29 is 22.7 Å². The maximum absolute atomic E-state index is 12.2. The fourth-order valence-electron chi connectivity index (χ4n) is 2.79. The van der Waals surface area contributed by atoms with Crippen LogP contribution < -0.4 is 0 Å².